The van der Waals surface area contributed by atoms with Gasteiger partial charge in [0.15, 0.2) is 0 Å². The SMILES string of the molecule is Cc1nc(C)c(C(=O)N2C[C@H](C(=O)O)[C@@H](c3ccncc3)C2)s1. The maximum Gasteiger partial charge on any atom is 0.308 e. The van der Waals surface area contributed by atoms with Crippen molar-refractivity contribution in [2.75, 3.05) is 13.1 Å². The second kappa shape index (κ2) is 6.08. The van der Waals surface area contributed by atoms with Crippen LogP contribution in [-0.4, -0.2) is 44.9 Å². The second-order valence-electron chi connectivity index (χ2n) is 5.69. The Kier molecular flexibility index (Phi) is 4.12. The van der Waals surface area contributed by atoms with E-state index in [1.54, 1.807) is 17.3 Å². The predicted molar refractivity (Wildman–Crippen MR) is 85.6 cm³/mol. The summed E-state index contributed by atoms with van der Waals surface area (Å²) in [5.41, 5.74) is 1.61. The number of amides is 1. The highest BCUT2D eigenvalue weighted by Gasteiger charge is 2.41. The van der Waals surface area contributed by atoms with E-state index in [2.05, 4.69) is 9.97 Å². The summed E-state index contributed by atoms with van der Waals surface area (Å²) < 4.78 is 0. The lowest BCUT2D eigenvalue weighted by atomic mass is 9.90. The Labute approximate surface area is 137 Å². The zero-order chi connectivity index (χ0) is 16.6. The maximum atomic E-state index is 12.7. The molecule has 6 nitrogen and oxygen atoms in total. The summed E-state index contributed by atoms with van der Waals surface area (Å²) in [5, 5.41) is 10.3. The molecule has 2 aromatic heterocycles. The van der Waals surface area contributed by atoms with Gasteiger partial charge in [0, 0.05) is 31.4 Å². The zero-order valence-corrected chi connectivity index (χ0v) is 13.7. The van der Waals surface area contributed by atoms with Crippen LogP contribution >= 0.6 is 11.3 Å². The molecule has 0 bridgehead atoms. The summed E-state index contributed by atoms with van der Waals surface area (Å²) in [6.07, 6.45) is 3.30. The fourth-order valence-electron chi connectivity index (χ4n) is 3.04. The first-order valence-electron chi connectivity index (χ1n) is 7.33. The van der Waals surface area contributed by atoms with Gasteiger partial charge in [-0.3, -0.25) is 14.6 Å². The Bertz CT molecular complexity index is 744. The van der Waals surface area contributed by atoms with Crippen molar-refractivity contribution < 1.29 is 14.7 Å². The molecule has 3 heterocycles. The fourth-order valence-corrected chi connectivity index (χ4v) is 3.93. The number of carboxylic acids is 1. The monoisotopic (exact) mass is 331 g/mol. The molecule has 23 heavy (non-hydrogen) atoms. The molecule has 120 valence electrons. The molecule has 2 atom stereocenters. The second-order valence-corrected chi connectivity index (χ2v) is 6.89. The van der Waals surface area contributed by atoms with Crippen LogP contribution in [0.4, 0.5) is 0 Å². The van der Waals surface area contributed by atoms with Crippen LogP contribution in [0.5, 0.6) is 0 Å². The normalized spacial score (nSPS) is 20.7. The zero-order valence-electron chi connectivity index (χ0n) is 12.9. The number of nitrogens with zero attached hydrogens (tertiary/aromatic N) is 3. The lowest BCUT2D eigenvalue weighted by Gasteiger charge is -2.15. The van der Waals surface area contributed by atoms with E-state index in [-0.39, 0.29) is 18.4 Å². The number of aromatic nitrogens is 2. The van der Waals surface area contributed by atoms with Crippen molar-refractivity contribution in [3.63, 3.8) is 0 Å². The summed E-state index contributed by atoms with van der Waals surface area (Å²) in [5.74, 6) is -1.82. The summed E-state index contributed by atoms with van der Waals surface area (Å²) in [6, 6.07) is 3.63. The van der Waals surface area contributed by atoms with E-state index in [0.717, 1.165) is 10.6 Å². The van der Waals surface area contributed by atoms with Gasteiger partial charge in [0.05, 0.1) is 16.6 Å². The summed E-state index contributed by atoms with van der Waals surface area (Å²) in [6.45, 7) is 4.29. The van der Waals surface area contributed by atoms with Gasteiger partial charge in [-0.25, -0.2) is 4.98 Å². The first kappa shape index (κ1) is 15.6. The lowest BCUT2D eigenvalue weighted by molar-refractivity contribution is -0.141. The average molecular weight is 331 g/mol. The van der Waals surface area contributed by atoms with Crippen LogP contribution in [0.3, 0.4) is 0 Å². The van der Waals surface area contributed by atoms with Crippen molar-refractivity contribution in [3.8, 4) is 0 Å². The van der Waals surface area contributed by atoms with Crippen LogP contribution in [-0.2, 0) is 4.79 Å². The van der Waals surface area contributed by atoms with Crippen LogP contribution in [0.25, 0.3) is 0 Å². The minimum Gasteiger partial charge on any atom is -0.481 e. The summed E-state index contributed by atoms with van der Waals surface area (Å²) >= 11 is 1.36. The number of thiazole rings is 1. The number of rotatable bonds is 3. The van der Waals surface area contributed by atoms with Crippen LogP contribution in [0.15, 0.2) is 24.5 Å². The highest BCUT2D eigenvalue weighted by molar-refractivity contribution is 7.13. The number of hydrogen-bond donors (Lipinski definition) is 1. The Hall–Kier alpha value is -2.28. The molecule has 3 rings (SSSR count). The molecule has 2 aromatic rings. The largest absolute Gasteiger partial charge is 0.481 e. The van der Waals surface area contributed by atoms with Crippen molar-refractivity contribution in [3.05, 3.63) is 45.7 Å². The highest BCUT2D eigenvalue weighted by Crippen LogP contribution is 2.34. The number of likely N-dealkylation sites (tertiary alicyclic amines) is 1. The summed E-state index contributed by atoms with van der Waals surface area (Å²) in [7, 11) is 0. The third kappa shape index (κ3) is 2.96. The van der Waals surface area contributed by atoms with Crippen molar-refractivity contribution in [2.24, 2.45) is 5.92 Å². The van der Waals surface area contributed by atoms with Gasteiger partial charge in [0.25, 0.3) is 5.91 Å². The highest BCUT2D eigenvalue weighted by atomic mass is 32.1. The Balaban J connectivity index is 1.87. The van der Waals surface area contributed by atoms with Gasteiger partial charge in [0.1, 0.15) is 4.88 Å². The number of carboxylic acid groups (broad SMARTS) is 1. The molecule has 0 saturated carbocycles. The first-order valence-corrected chi connectivity index (χ1v) is 8.15. The van der Waals surface area contributed by atoms with Crippen LogP contribution in [0, 0.1) is 19.8 Å². The van der Waals surface area contributed by atoms with Crippen LogP contribution in [0.2, 0.25) is 0 Å². The topological polar surface area (TPSA) is 83.4 Å². The Morgan fingerprint density at radius 2 is 1.96 bits per heavy atom. The molecule has 1 N–H and O–H groups in total. The smallest absolute Gasteiger partial charge is 0.308 e. The fraction of sp³-hybridized carbons (Fsp3) is 0.375. The predicted octanol–water partition coefficient (Wildman–Crippen LogP) is 2.10. The van der Waals surface area contributed by atoms with Gasteiger partial charge in [0.2, 0.25) is 0 Å². The number of aryl methyl sites for hydroxylation is 2. The van der Waals surface area contributed by atoms with Gasteiger partial charge in [-0.1, -0.05) is 0 Å². The van der Waals surface area contributed by atoms with E-state index in [1.807, 2.05) is 26.0 Å². The molecular formula is C16H17N3O3S. The van der Waals surface area contributed by atoms with Gasteiger partial charge >= 0.3 is 5.97 Å². The van der Waals surface area contributed by atoms with Crippen molar-refractivity contribution in [2.45, 2.75) is 19.8 Å². The Morgan fingerprint density at radius 3 is 2.52 bits per heavy atom. The number of hydrogen-bond acceptors (Lipinski definition) is 5. The number of carbonyl (C=O) groups excluding carboxylic acids is 1. The van der Waals surface area contributed by atoms with Gasteiger partial charge in [-0.15, -0.1) is 11.3 Å². The Morgan fingerprint density at radius 1 is 1.26 bits per heavy atom. The molecule has 0 aliphatic carbocycles. The molecular weight excluding hydrogens is 314 g/mol. The number of aliphatic carboxylic acids is 1. The molecule has 0 radical (unpaired) electrons. The van der Waals surface area contributed by atoms with E-state index in [0.29, 0.717) is 17.1 Å². The van der Waals surface area contributed by atoms with E-state index in [4.69, 9.17) is 0 Å². The summed E-state index contributed by atoms with van der Waals surface area (Å²) in [4.78, 5) is 34.8. The van der Waals surface area contributed by atoms with Crippen LogP contribution < -0.4 is 0 Å². The van der Waals surface area contributed by atoms with Crippen molar-refractivity contribution in [1.82, 2.24) is 14.9 Å². The number of pyridine rings is 1. The molecule has 0 unspecified atom stereocenters. The molecule has 1 fully saturated rings. The van der Waals surface area contributed by atoms with E-state index in [9.17, 15) is 14.7 Å². The average Bonchev–Trinajstić information content (AvgIpc) is 3.11. The van der Waals surface area contributed by atoms with Gasteiger partial charge in [-0.05, 0) is 31.5 Å². The molecule has 1 aliphatic heterocycles. The minimum atomic E-state index is -0.876. The third-order valence-electron chi connectivity index (χ3n) is 4.16. The molecule has 1 aliphatic rings. The van der Waals surface area contributed by atoms with Gasteiger partial charge in [-0.2, -0.15) is 0 Å². The van der Waals surface area contributed by atoms with E-state index in [1.165, 1.54) is 11.3 Å². The molecule has 7 heteroatoms. The van der Waals surface area contributed by atoms with Crippen molar-refractivity contribution in [1.29, 1.82) is 0 Å². The standard InChI is InChI=1S/C16H17N3O3S/c1-9-14(23-10(2)18-9)15(20)19-7-12(13(8-19)16(21)22)11-3-5-17-6-4-11/h3-6,12-13H,7-8H2,1-2H3,(H,21,22)/t12-,13+/m1/s1. The molecule has 1 saturated heterocycles. The molecule has 0 aromatic carbocycles. The molecule has 0 spiro atoms. The maximum absolute atomic E-state index is 12.7. The molecule has 1 amide bonds. The minimum absolute atomic E-state index is 0.129. The quantitative estimate of drug-likeness (QED) is 0.931. The van der Waals surface area contributed by atoms with E-state index >= 15 is 0 Å². The van der Waals surface area contributed by atoms with Crippen LogP contribution in [0.1, 0.15) is 31.9 Å². The third-order valence-corrected chi connectivity index (χ3v) is 5.22. The number of carbonyl (C=O) groups is 2. The lowest BCUT2D eigenvalue weighted by Crippen LogP contribution is -2.29. The first-order chi connectivity index (χ1) is 11.0. The van der Waals surface area contributed by atoms with Crippen molar-refractivity contribution >= 4 is 23.2 Å². The van der Waals surface area contributed by atoms with Gasteiger partial charge < -0.3 is 10.0 Å². The van der Waals surface area contributed by atoms with E-state index < -0.39 is 11.9 Å².